The van der Waals surface area contributed by atoms with Crippen molar-refractivity contribution < 1.29 is 28.8 Å². The van der Waals surface area contributed by atoms with E-state index in [1.165, 1.54) is 0 Å². The second-order valence-electron chi connectivity index (χ2n) is 1.83. The molecule has 0 N–H and O–H groups in total. The van der Waals surface area contributed by atoms with Gasteiger partial charge in [-0.05, 0) is 12.8 Å². The molecule has 0 saturated heterocycles. The van der Waals surface area contributed by atoms with Crippen LogP contribution in [0, 0.1) is 0 Å². The second-order valence-corrected chi connectivity index (χ2v) is 1.83. The van der Waals surface area contributed by atoms with Crippen LogP contribution in [0.5, 0.6) is 0 Å². The van der Waals surface area contributed by atoms with Crippen molar-refractivity contribution in [3.63, 3.8) is 0 Å². The summed E-state index contributed by atoms with van der Waals surface area (Å²) in [6, 6.07) is 0. The van der Waals surface area contributed by atoms with Gasteiger partial charge in [-0.1, -0.05) is 19.8 Å². The maximum absolute atomic E-state index is 9.76. The third kappa shape index (κ3) is 11.6. The van der Waals surface area contributed by atoms with E-state index >= 15 is 0 Å². The fourth-order valence-corrected chi connectivity index (χ4v) is 0.519. The van der Waals surface area contributed by atoms with Crippen molar-refractivity contribution in [3.05, 3.63) is 0 Å². The van der Waals surface area contributed by atoms with Crippen molar-refractivity contribution >= 4 is 5.97 Å². The van der Waals surface area contributed by atoms with Crippen LogP contribution < -0.4 is 24.0 Å². The Balaban J connectivity index is 0. The summed E-state index contributed by atoms with van der Waals surface area (Å²) >= 11 is 0. The summed E-state index contributed by atoms with van der Waals surface area (Å²) in [5.74, 6) is -0.932. The van der Waals surface area contributed by atoms with E-state index in [0.717, 1.165) is 19.3 Å². The molecule has 0 rings (SSSR count). The molecule has 0 aliphatic rings. The first-order valence-electron chi connectivity index (χ1n) is 2.97. The molecule has 0 aliphatic carbocycles. The van der Waals surface area contributed by atoms with Crippen LogP contribution in [0.3, 0.4) is 0 Å². The first kappa shape index (κ1) is 11.8. The van der Waals surface area contributed by atoms with Gasteiger partial charge in [-0.15, -0.1) is 0 Å². The van der Waals surface area contributed by atoms with Gasteiger partial charge in [0.1, 0.15) is 0 Å². The minimum Gasteiger partial charge on any atom is -0.550 e. The molecule has 0 aromatic rings. The molecule has 0 spiro atoms. The molecular formula is C6H11LiO2. The summed E-state index contributed by atoms with van der Waals surface area (Å²) in [5.41, 5.74) is 0. The molecule has 0 aliphatic heterocycles. The molecule has 0 aromatic carbocycles. The maximum Gasteiger partial charge on any atom is 1.00 e. The Morgan fingerprint density at radius 2 is 2.00 bits per heavy atom. The molecule has 0 atom stereocenters. The van der Waals surface area contributed by atoms with Gasteiger partial charge < -0.3 is 9.90 Å². The van der Waals surface area contributed by atoms with Gasteiger partial charge in [0.25, 0.3) is 0 Å². The summed E-state index contributed by atoms with van der Waals surface area (Å²) < 4.78 is 0. The van der Waals surface area contributed by atoms with Crippen LogP contribution in [0.1, 0.15) is 32.6 Å². The van der Waals surface area contributed by atoms with Crippen molar-refractivity contribution in [2.45, 2.75) is 32.6 Å². The minimum absolute atomic E-state index is 0. The average Bonchev–Trinajstić information content (AvgIpc) is 1.66. The minimum atomic E-state index is -0.932. The zero-order valence-electron chi connectivity index (χ0n) is 6.14. The largest absolute Gasteiger partial charge is 1.00 e. The van der Waals surface area contributed by atoms with E-state index in [1.807, 2.05) is 6.92 Å². The van der Waals surface area contributed by atoms with Gasteiger partial charge in [-0.25, -0.2) is 0 Å². The molecule has 2 nitrogen and oxygen atoms in total. The number of hydrogen-bond donors (Lipinski definition) is 0. The van der Waals surface area contributed by atoms with E-state index in [4.69, 9.17) is 0 Å². The standard InChI is InChI=1S/C6H12O2.Li/c1-2-3-4-5-6(7)8;/h2-5H2,1H3,(H,7,8);/q;+1/p-1. The van der Waals surface area contributed by atoms with Gasteiger partial charge >= 0.3 is 18.9 Å². The predicted octanol–water partition coefficient (Wildman–Crippen LogP) is -2.68. The molecule has 9 heavy (non-hydrogen) atoms. The number of hydrogen-bond acceptors (Lipinski definition) is 2. The van der Waals surface area contributed by atoms with E-state index in [0.29, 0.717) is 0 Å². The second kappa shape index (κ2) is 8.07. The maximum atomic E-state index is 9.76. The van der Waals surface area contributed by atoms with Crippen molar-refractivity contribution in [1.82, 2.24) is 0 Å². The third-order valence-corrected chi connectivity index (χ3v) is 0.984. The Hall–Kier alpha value is 0.0674. The fraction of sp³-hybridized carbons (Fsp3) is 0.833. The summed E-state index contributed by atoms with van der Waals surface area (Å²) in [6.45, 7) is 2.04. The van der Waals surface area contributed by atoms with Crippen molar-refractivity contribution in [2.75, 3.05) is 0 Å². The Morgan fingerprint density at radius 3 is 2.33 bits per heavy atom. The number of carbonyl (C=O) groups is 1. The number of rotatable bonds is 4. The molecular weight excluding hydrogens is 111 g/mol. The van der Waals surface area contributed by atoms with E-state index < -0.39 is 5.97 Å². The molecule has 0 radical (unpaired) electrons. The summed E-state index contributed by atoms with van der Waals surface area (Å²) in [7, 11) is 0. The SMILES string of the molecule is CCCCCC(=O)[O-].[Li+]. The summed E-state index contributed by atoms with van der Waals surface area (Å²) in [6.07, 6.45) is 3.04. The van der Waals surface area contributed by atoms with Gasteiger partial charge in [0.15, 0.2) is 0 Å². The van der Waals surface area contributed by atoms with Crippen molar-refractivity contribution in [1.29, 1.82) is 0 Å². The number of aliphatic carboxylic acids is 1. The van der Waals surface area contributed by atoms with E-state index in [9.17, 15) is 9.90 Å². The Kier molecular flexibility index (Phi) is 10.6. The van der Waals surface area contributed by atoms with Crippen LogP contribution in [0.4, 0.5) is 0 Å². The van der Waals surface area contributed by atoms with Gasteiger partial charge in [0.2, 0.25) is 0 Å². The molecule has 0 heterocycles. The van der Waals surface area contributed by atoms with Crippen LogP contribution in [0.25, 0.3) is 0 Å². The molecule has 0 saturated carbocycles. The van der Waals surface area contributed by atoms with Crippen molar-refractivity contribution in [2.24, 2.45) is 0 Å². The monoisotopic (exact) mass is 122 g/mol. The zero-order valence-corrected chi connectivity index (χ0v) is 6.14. The first-order chi connectivity index (χ1) is 3.77. The van der Waals surface area contributed by atoms with Crippen LogP contribution in [0.2, 0.25) is 0 Å². The Labute approximate surface area is 67.8 Å². The number of carboxylic acid groups (broad SMARTS) is 1. The van der Waals surface area contributed by atoms with Gasteiger partial charge in [-0.2, -0.15) is 0 Å². The molecule has 0 aromatic heterocycles. The van der Waals surface area contributed by atoms with Gasteiger partial charge in [0.05, 0.1) is 0 Å². The number of carboxylic acids is 1. The Bertz CT molecular complexity index is 73.5. The quantitative estimate of drug-likeness (QED) is 0.301. The zero-order chi connectivity index (χ0) is 6.41. The average molecular weight is 122 g/mol. The van der Waals surface area contributed by atoms with Crippen LogP contribution >= 0.6 is 0 Å². The van der Waals surface area contributed by atoms with Crippen LogP contribution in [0.15, 0.2) is 0 Å². The van der Waals surface area contributed by atoms with E-state index in [2.05, 4.69) is 0 Å². The van der Waals surface area contributed by atoms with E-state index in [-0.39, 0.29) is 25.3 Å². The van der Waals surface area contributed by atoms with Crippen LogP contribution in [-0.2, 0) is 4.79 Å². The molecule has 48 valence electrons. The fourth-order valence-electron chi connectivity index (χ4n) is 0.519. The molecule has 3 heteroatoms. The van der Waals surface area contributed by atoms with Crippen LogP contribution in [-0.4, -0.2) is 5.97 Å². The molecule has 0 amide bonds. The summed E-state index contributed by atoms with van der Waals surface area (Å²) in [5, 5.41) is 9.76. The smallest absolute Gasteiger partial charge is 0.550 e. The molecule has 0 fully saturated rings. The third-order valence-electron chi connectivity index (χ3n) is 0.984. The molecule has 0 unspecified atom stereocenters. The number of carbonyl (C=O) groups excluding carboxylic acids is 1. The predicted molar refractivity (Wildman–Crippen MR) is 29.1 cm³/mol. The first-order valence-corrected chi connectivity index (χ1v) is 2.97. The molecule has 0 bridgehead atoms. The normalized spacial score (nSPS) is 8.11. The van der Waals surface area contributed by atoms with Gasteiger partial charge in [0, 0.05) is 5.97 Å². The topological polar surface area (TPSA) is 40.1 Å². The van der Waals surface area contributed by atoms with Gasteiger partial charge in [-0.3, -0.25) is 0 Å². The summed E-state index contributed by atoms with van der Waals surface area (Å²) in [4.78, 5) is 9.76. The Morgan fingerprint density at radius 1 is 1.44 bits per heavy atom. The van der Waals surface area contributed by atoms with E-state index in [1.54, 1.807) is 0 Å². The number of unbranched alkanes of at least 4 members (excludes halogenated alkanes) is 2. The van der Waals surface area contributed by atoms with Crippen molar-refractivity contribution in [3.8, 4) is 0 Å².